The Labute approximate surface area is 259 Å². The Hall–Kier alpha value is -1.30. The smallest absolute Gasteiger partial charge is 0.306 e. The number of ether oxygens (including phenoxy) is 4. The van der Waals surface area contributed by atoms with Crippen LogP contribution >= 0.6 is 0 Å². The summed E-state index contributed by atoms with van der Waals surface area (Å²) < 4.78 is 21.9. The molecule has 0 spiro atoms. The predicted octanol–water partition coefficient (Wildman–Crippen LogP) is 5.10. The minimum atomic E-state index is -1.59. The van der Waals surface area contributed by atoms with Gasteiger partial charge in [-0.1, -0.05) is 117 Å². The van der Waals surface area contributed by atoms with Crippen LogP contribution in [-0.2, 0) is 28.5 Å². The van der Waals surface area contributed by atoms with Crippen molar-refractivity contribution in [2.24, 2.45) is 0 Å². The van der Waals surface area contributed by atoms with Crippen LogP contribution in [0, 0.1) is 0 Å². The fourth-order valence-electron chi connectivity index (χ4n) is 5.19. The molecule has 1 aliphatic rings. The van der Waals surface area contributed by atoms with Crippen LogP contribution < -0.4 is 0 Å². The molecule has 10 heteroatoms. The van der Waals surface area contributed by atoms with E-state index in [1.165, 1.54) is 70.6 Å². The second kappa shape index (κ2) is 26.0. The Bertz CT molecular complexity index is 689. The zero-order chi connectivity index (χ0) is 31.7. The minimum Gasteiger partial charge on any atom is -0.462 e. The lowest BCUT2D eigenvalue weighted by Gasteiger charge is -2.39. The van der Waals surface area contributed by atoms with Gasteiger partial charge >= 0.3 is 11.9 Å². The predicted molar refractivity (Wildman–Crippen MR) is 164 cm³/mol. The molecule has 6 atom stereocenters. The molecule has 0 radical (unpaired) electrons. The first-order valence-electron chi connectivity index (χ1n) is 17.1. The molecule has 0 saturated carbocycles. The lowest BCUT2D eigenvalue weighted by Crippen LogP contribution is -2.59. The molecular weight excluding hydrogens is 556 g/mol. The van der Waals surface area contributed by atoms with E-state index in [9.17, 15) is 30.0 Å². The first-order valence-corrected chi connectivity index (χ1v) is 17.1. The van der Waals surface area contributed by atoms with Gasteiger partial charge in [0.1, 0.15) is 31.0 Å². The van der Waals surface area contributed by atoms with Gasteiger partial charge in [0.15, 0.2) is 12.4 Å². The molecule has 1 aliphatic heterocycles. The molecule has 1 rings (SSSR count). The molecule has 2 unspecified atom stereocenters. The number of carbonyl (C=O) groups excluding carboxylic acids is 2. The van der Waals surface area contributed by atoms with Crippen LogP contribution in [-0.4, -0.2) is 89.0 Å². The van der Waals surface area contributed by atoms with Crippen LogP contribution in [0.1, 0.15) is 142 Å². The lowest BCUT2D eigenvalue weighted by molar-refractivity contribution is -0.305. The van der Waals surface area contributed by atoms with E-state index in [0.29, 0.717) is 6.42 Å². The van der Waals surface area contributed by atoms with Crippen molar-refractivity contribution >= 4 is 11.9 Å². The molecule has 1 heterocycles. The summed E-state index contributed by atoms with van der Waals surface area (Å²) in [5, 5.41) is 39.7. The molecule has 0 aromatic rings. The molecule has 1 fully saturated rings. The maximum absolute atomic E-state index is 12.5. The van der Waals surface area contributed by atoms with Crippen molar-refractivity contribution in [3.8, 4) is 0 Å². The topological polar surface area (TPSA) is 152 Å². The highest BCUT2D eigenvalue weighted by Gasteiger charge is 2.44. The van der Waals surface area contributed by atoms with E-state index in [1.54, 1.807) is 0 Å². The lowest BCUT2D eigenvalue weighted by atomic mass is 9.99. The molecule has 10 nitrogen and oxygen atoms in total. The number of carbonyl (C=O) groups is 2. The average Bonchev–Trinajstić information content (AvgIpc) is 3.00. The van der Waals surface area contributed by atoms with Crippen molar-refractivity contribution in [3.05, 3.63) is 0 Å². The summed E-state index contributed by atoms with van der Waals surface area (Å²) >= 11 is 0. The first-order chi connectivity index (χ1) is 20.8. The molecule has 43 heavy (non-hydrogen) atoms. The molecule has 0 bridgehead atoms. The van der Waals surface area contributed by atoms with Gasteiger partial charge in [-0.05, 0) is 12.8 Å². The van der Waals surface area contributed by atoms with Crippen molar-refractivity contribution in [3.63, 3.8) is 0 Å². The van der Waals surface area contributed by atoms with Gasteiger partial charge in [0.05, 0.1) is 13.2 Å². The fraction of sp³-hybridized carbons (Fsp3) is 0.939. The zero-order valence-electron chi connectivity index (χ0n) is 27.0. The highest BCUT2D eigenvalue weighted by Crippen LogP contribution is 2.22. The van der Waals surface area contributed by atoms with Crippen molar-refractivity contribution in [1.29, 1.82) is 0 Å². The van der Waals surface area contributed by atoms with Crippen molar-refractivity contribution in [2.75, 3.05) is 19.8 Å². The number of aliphatic hydroxyl groups is 4. The van der Waals surface area contributed by atoms with E-state index in [0.717, 1.165) is 38.5 Å². The average molecular weight is 619 g/mol. The SMILES string of the molecule is CCCCCCCCCCCCCC(=O)OC[C@H](CO[C@@H]1O[C@H](CO)[C@H](O)C(O)C1O)OC(=O)CCCCCCCCC. The monoisotopic (exact) mass is 618 g/mol. The van der Waals surface area contributed by atoms with E-state index >= 15 is 0 Å². The summed E-state index contributed by atoms with van der Waals surface area (Å²) in [6, 6.07) is 0. The summed E-state index contributed by atoms with van der Waals surface area (Å²) in [5.41, 5.74) is 0. The van der Waals surface area contributed by atoms with Crippen LogP contribution in [0.15, 0.2) is 0 Å². The van der Waals surface area contributed by atoms with E-state index < -0.39 is 49.4 Å². The molecule has 254 valence electrons. The molecule has 0 amide bonds. The summed E-state index contributed by atoms with van der Waals surface area (Å²) in [6.07, 6.45) is 12.9. The Morgan fingerprint density at radius 1 is 0.628 bits per heavy atom. The van der Waals surface area contributed by atoms with Crippen LogP contribution in [0.5, 0.6) is 0 Å². The summed E-state index contributed by atoms with van der Waals surface area (Å²) in [4.78, 5) is 24.9. The second-order valence-corrected chi connectivity index (χ2v) is 12.0. The number of hydrogen-bond donors (Lipinski definition) is 4. The highest BCUT2D eigenvalue weighted by atomic mass is 16.7. The van der Waals surface area contributed by atoms with Gasteiger partial charge in [-0.2, -0.15) is 0 Å². The standard InChI is InChI=1S/C33H62O10/c1-3-5-7-9-11-12-13-14-16-17-19-21-28(35)40-24-26(42-29(36)22-20-18-15-10-8-6-4-2)25-41-33-32(39)31(38)30(37)27(23-34)43-33/h26-27,30-34,37-39H,3-25H2,1-2H3/t26-,27-,30+,31?,32?,33-/m1/s1. The van der Waals surface area contributed by atoms with Gasteiger partial charge in [-0.15, -0.1) is 0 Å². The number of unbranched alkanes of at least 4 members (excludes halogenated alkanes) is 16. The van der Waals surface area contributed by atoms with Gasteiger partial charge in [0.2, 0.25) is 0 Å². The Kier molecular flexibility index (Phi) is 24.0. The first kappa shape index (κ1) is 39.7. The number of rotatable bonds is 27. The van der Waals surface area contributed by atoms with Crippen LogP contribution in [0.4, 0.5) is 0 Å². The maximum atomic E-state index is 12.5. The summed E-state index contributed by atoms with van der Waals surface area (Å²) in [5.74, 6) is -0.811. The molecule has 0 aromatic heterocycles. The van der Waals surface area contributed by atoms with Gasteiger partial charge in [0.25, 0.3) is 0 Å². The zero-order valence-corrected chi connectivity index (χ0v) is 27.0. The highest BCUT2D eigenvalue weighted by molar-refractivity contribution is 5.70. The molecule has 4 N–H and O–H groups in total. The number of hydrogen-bond acceptors (Lipinski definition) is 10. The third kappa shape index (κ3) is 19.0. The fourth-order valence-corrected chi connectivity index (χ4v) is 5.19. The van der Waals surface area contributed by atoms with E-state index in [2.05, 4.69) is 13.8 Å². The summed E-state index contributed by atoms with van der Waals surface area (Å²) in [7, 11) is 0. The third-order valence-corrected chi connectivity index (χ3v) is 7.99. The van der Waals surface area contributed by atoms with Gasteiger partial charge in [-0.25, -0.2) is 0 Å². The largest absolute Gasteiger partial charge is 0.462 e. The van der Waals surface area contributed by atoms with Crippen molar-refractivity contribution in [2.45, 2.75) is 179 Å². The Balaban J connectivity index is 2.43. The second-order valence-electron chi connectivity index (χ2n) is 12.0. The molecule has 1 saturated heterocycles. The number of esters is 2. The molecule has 0 aliphatic carbocycles. The van der Waals surface area contributed by atoms with Crippen LogP contribution in [0.3, 0.4) is 0 Å². The molecule has 0 aromatic carbocycles. The Morgan fingerprint density at radius 2 is 1.09 bits per heavy atom. The van der Waals surface area contributed by atoms with E-state index in [4.69, 9.17) is 18.9 Å². The number of aliphatic hydroxyl groups excluding tert-OH is 4. The normalized spacial score (nSPS) is 22.8. The van der Waals surface area contributed by atoms with Crippen molar-refractivity contribution < 1.29 is 49.0 Å². The summed E-state index contributed by atoms with van der Waals surface area (Å²) in [6.45, 7) is 3.33. The Morgan fingerprint density at radius 3 is 1.58 bits per heavy atom. The van der Waals surface area contributed by atoms with Crippen LogP contribution in [0.2, 0.25) is 0 Å². The van der Waals surface area contributed by atoms with E-state index in [-0.39, 0.29) is 32.0 Å². The van der Waals surface area contributed by atoms with Gasteiger partial charge < -0.3 is 39.4 Å². The van der Waals surface area contributed by atoms with Gasteiger partial charge in [0, 0.05) is 12.8 Å². The van der Waals surface area contributed by atoms with E-state index in [1.807, 2.05) is 0 Å². The minimum absolute atomic E-state index is 0.211. The molecular formula is C33H62O10. The van der Waals surface area contributed by atoms with Crippen molar-refractivity contribution in [1.82, 2.24) is 0 Å². The van der Waals surface area contributed by atoms with Crippen LogP contribution in [0.25, 0.3) is 0 Å². The quantitative estimate of drug-likeness (QED) is 0.0723. The maximum Gasteiger partial charge on any atom is 0.306 e. The van der Waals surface area contributed by atoms with Gasteiger partial charge in [-0.3, -0.25) is 9.59 Å². The third-order valence-electron chi connectivity index (χ3n) is 7.99.